The standard InChI is InChI=1S/C15H24N2O2/c1-5-17(13-9-16-10-13)11(2)12-6-7-14(18-3)15(8-12)19-4/h6-8,11,13,16H,5,9-10H2,1-4H3. The summed E-state index contributed by atoms with van der Waals surface area (Å²) in [6.45, 7) is 7.71. The summed E-state index contributed by atoms with van der Waals surface area (Å²) in [5.74, 6) is 1.58. The van der Waals surface area contributed by atoms with Gasteiger partial charge in [-0.2, -0.15) is 0 Å². The normalized spacial score (nSPS) is 17.1. The van der Waals surface area contributed by atoms with Crippen LogP contribution in [0, 0.1) is 0 Å². The van der Waals surface area contributed by atoms with Crippen LogP contribution in [-0.4, -0.2) is 44.8 Å². The van der Waals surface area contributed by atoms with Gasteiger partial charge in [-0.15, -0.1) is 0 Å². The van der Waals surface area contributed by atoms with Crippen molar-refractivity contribution in [2.24, 2.45) is 0 Å². The second kappa shape index (κ2) is 6.26. The molecule has 4 nitrogen and oxygen atoms in total. The van der Waals surface area contributed by atoms with Gasteiger partial charge in [-0.3, -0.25) is 4.90 Å². The van der Waals surface area contributed by atoms with Gasteiger partial charge in [-0.1, -0.05) is 13.0 Å². The third-order valence-electron chi connectivity index (χ3n) is 3.98. The van der Waals surface area contributed by atoms with Crippen molar-refractivity contribution < 1.29 is 9.47 Å². The van der Waals surface area contributed by atoms with Crippen LogP contribution in [0.2, 0.25) is 0 Å². The van der Waals surface area contributed by atoms with Gasteiger partial charge >= 0.3 is 0 Å². The number of hydrogen-bond donors (Lipinski definition) is 1. The molecule has 1 N–H and O–H groups in total. The number of nitrogens with zero attached hydrogens (tertiary/aromatic N) is 1. The molecule has 1 aromatic rings. The van der Waals surface area contributed by atoms with Gasteiger partial charge in [0.15, 0.2) is 11.5 Å². The molecule has 0 aliphatic carbocycles. The van der Waals surface area contributed by atoms with Crippen molar-refractivity contribution in [3.63, 3.8) is 0 Å². The highest BCUT2D eigenvalue weighted by molar-refractivity contribution is 5.43. The molecule has 19 heavy (non-hydrogen) atoms. The topological polar surface area (TPSA) is 33.7 Å². The van der Waals surface area contributed by atoms with Crippen LogP contribution < -0.4 is 14.8 Å². The Morgan fingerprint density at radius 3 is 2.42 bits per heavy atom. The van der Waals surface area contributed by atoms with Crippen LogP contribution in [0.15, 0.2) is 18.2 Å². The molecule has 2 rings (SSSR count). The highest BCUT2D eigenvalue weighted by atomic mass is 16.5. The lowest BCUT2D eigenvalue weighted by Crippen LogP contribution is -2.57. The van der Waals surface area contributed by atoms with E-state index in [1.165, 1.54) is 5.56 Å². The van der Waals surface area contributed by atoms with E-state index in [0.717, 1.165) is 31.1 Å². The van der Waals surface area contributed by atoms with Crippen molar-refractivity contribution in [1.82, 2.24) is 10.2 Å². The zero-order chi connectivity index (χ0) is 13.8. The summed E-state index contributed by atoms with van der Waals surface area (Å²) in [6.07, 6.45) is 0. The quantitative estimate of drug-likeness (QED) is 0.853. The largest absolute Gasteiger partial charge is 0.493 e. The molecule has 1 saturated heterocycles. The molecule has 1 aliphatic heterocycles. The molecule has 0 saturated carbocycles. The van der Waals surface area contributed by atoms with Gasteiger partial charge in [0.05, 0.1) is 14.2 Å². The Bertz CT molecular complexity index is 419. The minimum Gasteiger partial charge on any atom is -0.493 e. The summed E-state index contributed by atoms with van der Waals surface area (Å²) in [6, 6.07) is 7.22. The number of hydrogen-bond acceptors (Lipinski definition) is 4. The molecule has 0 radical (unpaired) electrons. The van der Waals surface area contributed by atoms with Crippen molar-refractivity contribution in [2.75, 3.05) is 33.9 Å². The first-order valence-electron chi connectivity index (χ1n) is 6.89. The van der Waals surface area contributed by atoms with Crippen LogP contribution >= 0.6 is 0 Å². The summed E-state index contributed by atoms with van der Waals surface area (Å²) >= 11 is 0. The van der Waals surface area contributed by atoms with Crippen molar-refractivity contribution >= 4 is 0 Å². The zero-order valence-corrected chi connectivity index (χ0v) is 12.3. The molecule has 0 spiro atoms. The third kappa shape index (κ3) is 2.85. The van der Waals surface area contributed by atoms with Crippen LogP contribution in [-0.2, 0) is 0 Å². The van der Waals surface area contributed by atoms with E-state index in [4.69, 9.17) is 9.47 Å². The lowest BCUT2D eigenvalue weighted by atomic mass is 10.0. The van der Waals surface area contributed by atoms with Crippen LogP contribution in [0.5, 0.6) is 11.5 Å². The monoisotopic (exact) mass is 264 g/mol. The smallest absolute Gasteiger partial charge is 0.161 e. The molecule has 106 valence electrons. The Morgan fingerprint density at radius 2 is 1.95 bits per heavy atom. The van der Waals surface area contributed by atoms with Crippen LogP contribution in [0.25, 0.3) is 0 Å². The van der Waals surface area contributed by atoms with Gasteiger partial charge in [0, 0.05) is 25.2 Å². The van der Waals surface area contributed by atoms with Crippen molar-refractivity contribution in [3.05, 3.63) is 23.8 Å². The highest BCUT2D eigenvalue weighted by Gasteiger charge is 2.28. The predicted molar refractivity (Wildman–Crippen MR) is 77.0 cm³/mol. The molecule has 0 aromatic heterocycles. The molecular formula is C15H24N2O2. The number of methoxy groups -OCH3 is 2. The third-order valence-corrected chi connectivity index (χ3v) is 3.98. The Labute approximate surface area is 115 Å². The molecule has 1 unspecified atom stereocenters. The fourth-order valence-corrected chi connectivity index (χ4v) is 2.66. The predicted octanol–water partition coefficient (Wildman–Crippen LogP) is 2.06. The van der Waals surface area contributed by atoms with E-state index in [0.29, 0.717) is 12.1 Å². The molecular weight excluding hydrogens is 240 g/mol. The summed E-state index contributed by atoms with van der Waals surface area (Å²) < 4.78 is 10.7. The van der Waals surface area contributed by atoms with Gasteiger partial charge in [0.2, 0.25) is 0 Å². The molecule has 1 atom stereocenters. The maximum atomic E-state index is 5.39. The molecule has 4 heteroatoms. The number of nitrogens with one attached hydrogen (secondary N) is 1. The Morgan fingerprint density at radius 1 is 1.26 bits per heavy atom. The summed E-state index contributed by atoms with van der Waals surface area (Å²) in [5, 5.41) is 3.34. The molecule has 0 bridgehead atoms. The first-order chi connectivity index (χ1) is 9.21. The Hall–Kier alpha value is -1.26. The van der Waals surface area contributed by atoms with Crippen LogP contribution in [0.4, 0.5) is 0 Å². The van der Waals surface area contributed by atoms with E-state index < -0.39 is 0 Å². The van der Waals surface area contributed by atoms with Crippen molar-refractivity contribution in [1.29, 1.82) is 0 Å². The lowest BCUT2D eigenvalue weighted by molar-refractivity contribution is 0.109. The van der Waals surface area contributed by atoms with Gasteiger partial charge in [-0.25, -0.2) is 0 Å². The van der Waals surface area contributed by atoms with E-state index in [1.54, 1.807) is 14.2 Å². The average Bonchev–Trinajstić information content (AvgIpc) is 2.40. The van der Waals surface area contributed by atoms with E-state index in [2.05, 4.69) is 36.2 Å². The van der Waals surface area contributed by atoms with Crippen LogP contribution in [0.1, 0.15) is 25.5 Å². The summed E-state index contributed by atoms with van der Waals surface area (Å²) in [7, 11) is 3.35. The fourth-order valence-electron chi connectivity index (χ4n) is 2.66. The van der Waals surface area contributed by atoms with Gasteiger partial charge < -0.3 is 14.8 Å². The maximum absolute atomic E-state index is 5.39. The molecule has 1 aromatic carbocycles. The summed E-state index contributed by atoms with van der Waals surface area (Å²) in [5.41, 5.74) is 1.27. The Kier molecular flexibility index (Phi) is 4.66. The second-order valence-corrected chi connectivity index (χ2v) is 4.93. The molecule has 1 heterocycles. The maximum Gasteiger partial charge on any atom is 0.161 e. The molecule has 1 fully saturated rings. The second-order valence-electron chi connectivity index (χ2n) is 4.93. The van der Waals surface area contributed by atoms with E-state index in [-0.39, 0.29) is 0 Å². The van der Waals surface area contributed by atoms with Gasteiger partial charge in [0.25, 0.3) is 0 Å². The Balaban J connectivity index is 2.19. The first kappa shape index (κ1) is 14.2. The molecule has 0 amide bonds. The number of rotatable bonds is 6. The number of ether oxygens (including phenoxy) is 2. The van der Waals surface area contributed by atoms with E-state index in [1.807, 2.05) is 6.07 Å². The van der Waals surface area contributed by atoms with Gasteiger partial charge in [-0.05, 0) is 31.2 Å². The average molecular weight is 264 g/mol. The number of benzene rings is 1. The minimum atomic E-state index is 0.386. The first-order valence-corrected chi connectivity index (χ1v) is 6.89. The lowest BCUT2D eigenvalue weighted by Gasteiger charge is -2.41. The SMILES string of the molecule is CCN(C1CNC1)C(C)c1ccc(OC)c(OC)c1. The minimum absolute atomic E-state index is 0.386. The molecule has 1 aliphatic rings. The van der Waals surface area contributed by atoms with E-state index in [9.17, 15) is 0 Å². The zero-order valence-electron chi connectivity index (χ0n) is 12.3. The van der Waals surface area contributed by atoms with E-state index >= 15 is 0 Å². The number of likely N-dealkylation sites (N-methyl/N-ethyl adjacent to an activating group) is 1. The highest BCUT2D eigenvalue weighted by Crippen LogP contribution is 2.32. The van der Waals surface area contributed by atoms with Gasteiger partial charge in [0.1, 0.15) is 0 Å². The van der Waals surface area contributed by atoms with Crippen LogP contribution in [0.3, 0.4) is 0 Å². The summed E-state index contributed by atoms with van der Waals surface area (Å²) in [4.78, 5) is 2.53. The van der Waals surface area contributed by atoms with Crippen molar-refractivity contribution in [3.8, 4) is 11.5 Å². The fraction of sp³-hybridized carbons (Fsp3) is 0.600. The van der Waals surface area contributed by atoms with Crippen molar-refractivity contribution in [2.45, 2.75) is 25.9 Å².